The molecular weight excluding hydrogens is 162 g/mol. The normalized spacial score (nSPS) is 21.7. The van der Waals surface area contributed by atoms with E-state index >= 15 is 0 Å². The van der Waals surface area contributed by atoms with Gasteiger partial charge in [0.1, 0.15) is 0 Å². The fraction of sp³-hybridized carbons (Fsp3) is 1.00. The largest absolute Gasteiger partial charge is 0.393 e. The molecule has 1 N–H and O–H groups in total. The lowest BCUT2D eigenvalue weighted by Gasteiger charge is -2.26. The van der Waals surface area contributed by atoms with Crippen molar-refractivity contribution >= 4 is 0 Å². The number of hydrogen-bond acceptors (Lipinski definition) is 2. The number of piperidine rings is 1. The summed E-state index contributed by atoms with van der Waals surface area (Å²) in [5.74, 6) is 0. The van der Waals surface area contributed by atoms with Crippen molar-refractivity contribution in [1.29, 1.82) is 0 Å². The van der Waals surface area contributed by atoms with Gasteiger partial charge < -0.3 is 10.0 Å². The van der Waals surface area contributed by atoms with Crippen molar-refractivity contribution in [3.8, 4) is 0 Å². The molecule has 1 unspecified atom stereocenters. The van der Waals surface area contributed by atoms with Crippen molar-refractivity contribution in [2.75, 3.05) is 19.6 Å². The molecule has 0 saturated carbocycles. The highest BCUT2D eigenvalue weighted by Crippen LogP contribution is 2.10. The monoisotopic (exact) mass is 185 g/mol. The van der Waals surface area contributed by atoms with Gasteiger partial charge in [-0.05, 0) is 51.7 Å². The Kier molecular flexibility index (Phi) is 5.40. The first-order valence-electron chi connectivity index (χ1n) is 5.73. The summed E-state index contributed by atoms with van der Waals surface area (Å²) in [6.07, 6.45) is 7.13. The Hall–Kier alpha value is -0.0800. The lowest BCUT2D eigenvalue weighted by molar-refractivity contribution is 0.145. The van der Waals surface area contributed by atoms with E-state index in [2.05, 4.69) is 4.90 Å². The Bertz CT molecular complexity index is 121. The zero-order chi connectivity index (χ0) is 9.52. The van der Waals surface area contributed by atoms with Crippen LogP contribution in [0.2, 0.25) is 0 Å². The number of likely N-dealkylation sites (tertiary alicyclic amines) is 1. The average Bonchev–Trinajstić information content (AvgIpc) is 2.19. The van der Waals surface area contributed by atoms with Gasteiger partial charge >= 0.3 is 0 Å². The summed E-state index contributed by atoms with van der Waals surface area (Å²) in [7, 11) is 0. The molecule has 0 spiro atoms. The predicted molar refractivity (Wildman–Crippen MR) is 55.8 cm³/mol. The highest BCUT2D eigenvalue weighted by molar-refractivity contribution is 4.65. The maximum atomic E-state index is 9.37. The SMILES string of the molecule is CCC(O)CCCN1CCCCC1. The van der Waals surface area contributed by atoms with Crippen molar-refractivity contribution in [1.82, 2.24) is 4.90 Å². The van der Waals surface area contributed by atoms with Crippen LogP contribution < -0.4 is 0 Å². The second-order valence-corrected chi connectivity index (χ2v) is 4.11. The van der Waals surface area contributed by atoms with Gasteiger partial charge in [-0.3, -0.25) is 0 Å². The van der Waals surface area contributed by atoms with Gasteiger partial charge in [-0.1, -0.05) is 13.3 Å². The van der Waals surface area contributed by atoms with Gasteiger partial charge in [0.15, 0.2) is 0 Å². The van der Waals surface area contributed by atoms with Crippen molar-refractivity contribution in [3.63, 3.8) is 0 Å². The smallest absolute Gasteiger partial charge is 0.0538 e. The van der Waals surface area contributed by atoms with E-state index in [0.717, 1.165) is 19.3 Å². The molecule has 0 amide bonds. The van der Waals surface area contributed by atoms with Crippen LogP contribution >= 0.6 is 0 Å². The highest BCUT2D eigenvalue weighted by atomic mass is 16.3. The molecule has 2 heteroatoms. The summed E-state index contributed by atoms with van der Waals surface area (Å²) >= 11 is 0. The minimum absolute atomic E-state index is 0.0650. The Balaban J connectivity index is 1.98. The molecule has 1 fully saturated rings. The molecule has 1 rings (SSSR count). The molecule has 0 aromatic rings. The fourth-order valence-electron chi connectivity index (χ4n) is 1.94. The molecule has 1 aliphatic rings. The molecule has 0 aliphatic carbocycles. The zero-order valence-electron chi connectivity index (χ0n) is 8.84. The van der Waals surface area contributed by atoms with E-state index in [9.17, 15) is 5.11 Å². The summed E-state index contributed by atoms with van der Waals surface area (Å²) in [5.41, 5.74) is 0. The van der Waals surface area contributed by atoms with Crippen molar-refractivity contribution in [2.24, 2.45) is 0 Å². The second-order valence-electron chi connectivity index (χ2n) is 4.11. The van der Waals surface area contributed by atoms with Crippen LogP contribution in [0.1, 0.15) is 45.4 Å². The molecule has 0 bridgehead atoms. The number of nitrogens with zero attached hydrogens (tertiary/aromatic N) is 1. The molecule has 2 nitrogen and oxygen atoms in total. The van der Waals surface area contributed by atoms with E-state index in [1.807, 2.05) is 6.92 Å². The summed E-state index contributed by atoms with van der Waals surface area (Å²) in [5, 5.41) is 9.37. The molecule has 78 valence electrons. The maximum Gasteiger partial charge on any atom is 0.0538 e. The van der Waals surface area contributed by atoms with Gasteiger partial charge in [0.05, 0.1) is 6.10 Å². The maximum absolute atomic E-state index is 9.37. The van der Waals surface area contributed by atoms with E-state index in [0.29, 0.717) is 0 Å². The number of aliphatic hydroxyl groups is 1. The van der Waals surface area contributed by atoms with Gasteiger partial charge in [-0.2, -0.15) is 0 Å². The van der Waals surface area contributed by atoms with E-state index < -0.39 is 0 Å². The van der Waals surface area contributed by atoms with Crippen LogP contribution in [0.25, 0.3) is 0 Å². The Labute approximate surface area is 81.9 Å². The van der Waals surface area contributed by atoms with Crippen molar-refractivity contribution in [2.45, 2.75) is 51.6 Å². The molecule has 0 aromatic carbocycles. The highest BCUT2D eigenvalue weighted by Gasteiger charge is 2.09. The van der Waals surface area contributed by atoms with Crippen molar-refractivity contribution < 1.29 is 5.11 Å². The van der Waals surface area contributed by atoms with Gasteiger partial charge in [-0.25, -0.2) is 0 Å². The van der Waals surface area contributed by atoms with Gasteiger partial charge in [-0.15, -0.1) is 0 Å². The minimum atomic E-state index is -0.0650. The molecule has 13 heavy (non-hydrogen) atoms. The summed E-state index contributed by atoms with van der Waals surface area (Å²) in [4.78, 5) is 2.53. The first kappa shape index (κ1) is 11.0. The predicted octanol–water partition coefficient (Wildman–Crippen LogP) is 2.02. The van der Waals surface area contributed by atoms with Crippen LogP contribution in [0.4, 0.5) is 0 Å². The number of hydrogen-bond donors (Lipinski definition) is 1. The minimum Gasteiger partial charge on any atom is -0.393 e. The molecule has 0 radical (unpaired) electrons. The summed E-state index contributed by atoms with van der Waals surface area (Å²) < 4.78 is 0. The van der Waals surface area contributed by atoms with Crippen molar-refractivity contribution in [3.05, 3.63) is 0 Å². The van der Waals surface area contributed by atoms with Crippen LogP contribution in [0, 0.1) is 0 Å². The summed E-state index contributed by atoms with van der Waals surface area (Å²) in [6, 6.07) is 0. The third-order valence-electron chi connectivity index (χ3n) is 2.93. The van der Waals surface area contributed by atoms with E-state index in [1.165, 1.54) is 38.9 Å². The molecule has 1 atom stereocenters. The number of aliphatic hydroxyl groups excluding tert-OH is 1. The van der Waals surface area contributed by atoms with Crippen LogP contribution in [0.3, 0.4) is 0 Å². The van der Waals surface area contributed by atoms with E-state index in [-0.39, 0.29) is 6.10 Å². The first-order valence-corrected chi connectivity index (χ1v) is 5.73. The molecule has 1 saturated heterocycles. The van der Waals surface area contributed by atoms with Gasteiger partial charge in [0.2, 0.25) is 0 Å². The average molecular weight is 185 g/mol. The number of rotatable bonds is 5. The van der Waals surface area contributed by atoms with Crippen LogP contribution in [0.15, 0.2) is 0 Å². The van der Waals surface area contributed by atoms with E-state index in [4.69, 9.17) is 0 Å². The molecule has 0 aromatic heterocycles. The topological polar surface area (TPSA) is 23.5 Å². The quantitative estimate of drug-likeness (QED) is 0.708. The van der Waals surface area contributed by atoms with Crippen LogP contribution in [0.5, 0.6) is 0 Å². The van der Waals surface area contributed by atoms with Gasteiger partial charge in [0.25, 0.3) is 0 Å². The Morgan fingerprint density at radius 3 is 2.54 bits per heavy atom. The third kappa shape index (κ3) is 4.63. The lowest BCUT2D eigenvalue weighted by Crippen LogP contribution is -2.30. The Morgan fingerprint density at radius 2 is 1.92 bits per heavy atom. The zero-order valence-corrected chi connectivity index (χ0v) is 8.84. The standard InChI is InChI=1S/C11H23NO/c1-2-11(13)7-6-10-12-8-4-3-5-9-12/h11,13H,2-10H2,1H3. The van der Waals surface area contributed by atoms with Gasteiger partial charge in [0, 0.05) is 0 Å². The fourth-order valence-corrected chi connectivity index (χ4v) is 1.94. The molecule has 1 heterocycles. The van der Waals surface area contributed by atoms with E-state index in [1.54, 1.807) is 0 Å². The lowest BCUT2D eigenvalue weighted by atomic mass is 10.1. The van der Waals surface area contributed by atoms with Crippen LogP contribution in [-0.4, -0.2) is 35.7 Å². The molecule has 1 aliphatic heterocycles. The summed E-state index contributed by atoms with van der Waals surface area (Å²) in [6.45, 7) is 5.80. The van der Waals surface area contributed by atoms with Crippen LogP contribution in [-0.2, 0) is 0 Å². The second kappa shape index (κ2) is 6.39. The Morgan fingerprint density at radius 1 is 1.23 bits per heavy atom. The molecular formula is C11H23NO. The first-order chi connectivity index (χ1) is 6.33. The third-order valence-corrected chi connectivity index (χ3v) is 2.93.